The Bertz CT molecular complexity index is 2610. The largest absolute Gasteiger partial charge is 0.496 e. The highest BCUT2D eigenvalue weighted by Crippen LogP contribution is 2.57. The number of allylic oxidation sites excluding steroid dienone is 2. The summed E-state index contributed by atoms with van der Waals surface area (Å²) in [5.41, 5.74) is 0.284. The minimum atomic E-state index is -4.81. The van der Waals surface area contributed by atoms with E-state index < -0.39 is 79.8 Å². The highest BCUT2D eigenvalue weighted by Gasteiger charge is 2.61. The van der Waals surface area contributed by atoms with Gasteiger partial charge in [-0.15, -0.1) is 11.3 Å². The number of aryl methyl sites for hydroxylation is 1. The first-order valence-corrected chi connectivity index (χ1v) is 24.3. The number of rotatable bonds is 10. The van der Waals surface area contributed by atoms with Gasteiger partial charge in [0.15, 0.2) is 5.78 Å². The molecule has 0 unspecified atom stereocenters. The molecule has 342 valence electrons. The Morgan fingerprint density at radius 1 is 1.05 bits per heavy atom. The number of pyridine rings is 1. The summed E-state index contributed by atoms with van der Waals surface area (Å²) in [7, 11) is -2.37. The molecule has 3 fully saturated rings. The molecule has 2 saturated carbocycles. The second-order valence-corrected chi connectivity index (χ2v) is 20.9. The number of amides is 2. The molecule has 4 heterocycles. The normalized spacial score (nSPS) is 25.0. The summed E-state index contributed by atoms with van der Waals surface area (Å²) in [6.45, 7) is 5.89. The van der Waals surface area contributed by atoms with Gasteiger partial charge in [0.2, 0.25) is 21.8 Å². The van der Waals surface area contributed by atoms with Crippen LogP contribution in [-0.4, -0.2) is 71.9 Å². The van der Waals surface area contributed by atoms with E-state index in [9.17, 15) is 40.4 Å². The van der Waals surface area contributed by atoms with E-state index >= 15 is 0 Å². The predicted molar refractivity (Wildman–Crippen MR) is 234 cm³/mol. The third-order valence-electron chi connectivity index (χ3n) is 13.1. The highest BCUT2D eigenvalue weighted by atomic mass is 32.2. The van der Waals surface area contributed by atoms with E-state index in [1.165, 1.54) is 16.2 Å². The maximum atomic E-state index is 15.0. The lowest BCUT2D eigenvalue weighted by atomic mass is 9.89. The van der Waals surface area contributed by atoms with Crippen molar-refractivity contribution >= 4 is 49.9 Å². The SMILES string of the molecule is COc1ccc2c(O[C@@H]3C[C@H]4C(=O)C[C@]5(C(=O)NS(=O)(=O)C6CC6)C[C@@H]5/C=C\CCCCC[C@H](Cc5cc(F)cc(C(F)(F)F)c5)C(=O)N4C3)cc(-c3nc(C(C)C)cs3)nc2c1C. The highest BCUT2D eigenvalue weighted by molar-refractivity contribution is 7.90. The molecule has 0 spiro atoms. The third-order valence-corrected chi connectivity index (χ3v) is 15.8. The number of benzene rings is 2. The first-order chi connectivity index (χ1) is 30.4. The number of ether oxygens (including phenoxy) is 2. The molecule has 2 aliphatic heterocycles. The average Bonchev–Trinajstić information content (AvgIpc) is 4.11. The lowest BCUT2D eigenvalue weighted by Crippen LogP contribution is -2.46. The van der Waals surface area contributed by atoms with Gasteiger partial charge < -0.3 is 14.4 Å². The molecule has 8 rings (SSSR count). The molecule has 11 nitrogen and oxygen atoms in total. The van der Waals surface area contributed by atoms with Crippen molar-refractivity contribution in [3.63, 3.8) is 0 Å². The van der Waals surface area contributed by atoms with Crippen molar-refractivity contribution in [3.05, 3.63) is 82.1 Å². The zero-order chi connectivity index (χ0) is 45.7. The fourth-order valence-electron chi connectivity index (χ4n) is 9.19. The summed E-state index contributed by atoms with van der Waals surface area (Å²) in [4.78, 5) is 55.0. The summed E-state index contributed by atoms with van der Waals surface area (Å²) in [6, 6.07) is 6.56. The lowest BCUT2D eigenvalue weighted by Gasteiger charge is -2.29. The van der Waals surface area contributed by atoms with Crippen LogP contribution in [0.2, 0.25) is 0 Å². The van der Waals surface area contributed by atoms with Crippen molar-refractivity contribution in [2.75, 3.05) is 13.7 Å². The number of Topliss-reactive ketones (excluding diaryl/α,β-unsaturated/α-hetero) is 1. The van der Waals surface area contributed by atoms with Gasteiger partial charge in [-0.05, 0) is 99.6 Å². The predicted octanol–water partition coefficient (Wildman–Crippen LogP) is 9.26. The molecule has 2 aliphatic carbocycles. The molecule has 0 radical (unpaired) electrons. The number of halogens is 4. The zero-order valence-corrected chi connectivity index (χ0v) is 37.8. The topological polar surface area (TPSA) is 145 Å². The number of aromatic nitrogens is 2. The number of nitrogens with zero attached hydrogens (tertiary/aromatic N) is 3. The van der Waals surface area contributed by atoms with Crippen molar-refractivity contribution in [2.45, 2.75) is 121 Å². The first kappa shape index (κ1) is 45.7. The molecule has 1 saturated heterocycles. The fraction of sp³-hybridized carbons (Fsp3) is 0.511. The molecule has 2 aromatic carbocycles. The van der Waals surface area contributed by atoms with Gasteiger partial charge in [0, 0.05) is 41.2 Å². The second-order valence-electron chi connectivity index (χ2n) is 18.1. The molecule has 4 aromatic rings. The number of nitrogens with one attached hydrogen (secondary N) is 1. The van der Waals surface area contributed by atoms with Gasteiger partial charge in [0.1, 0.15) is 34.1 Å². The Balaban J connectivity index is 1.17. The third kappa shape index (κ3) is 9.56. The molecule has 17 heteroatoms. The van der Waals surface area contributed by atoms with E-state index in [0.717, 1.165) is 23.4 Å². The van der Waals surface area contributed by atoms with Crippen molar-refractivity contribution in [1.29, 1.82) is 0 Å². The van der Waals surface area contributed by atoms with Crippen LogP contribution >= 0.6 is 11.3 Å². The average molecular weight is 925 g/mol. The van der Waals surface area contributed by atoms with Gasteiger partial charge in [-0.1, -0.05) is 38.8 Å². The molecule has 2 amide bonds. The van der Waals surface area contributed by atoms with Crippen LogP contribution in [-0.2, 0) is 37.0 Å². The molecule has 64 heavy (non-hydrogen) atoms. The van der Waals surface area contributed by atoms with Crippen LogP contribution in [0.4, 0.5) is 17.6 Å². The molecule has 5 atom stereocenters. The van der Waals surface area contributed by atoms with Crippen LogP contribution in [0.3, 0.4) is 0 Å². The van der Waals surface area contributed by atoms with E-state index in [0.29, 0.717) is 77.7 Å². The monoisotopic (exact) mass is 924 g/mol. The summed E-state index contributed by atoms with van der Waals surface area (Å²) >= 11 is 1.44. The number of thiazole rings is 1. The minimum absolute atomic E-state index is 0.000824. The number of carbonyl (C=O) groups is 3. The number of carbonyl (C=O) groups excluding carboxylic acids is 3. The number of ketones is 1. The summed E-state index contributed by atoms with van der Waals surface area (Å²) in [5, 5.41) is 2.62. The number of methoxy groups -OCH3 is 1. The number of fused-ring (bicyclic) bond motifs is 3. The standard InChI is InChI=1S/C47H52F4N4O7S2/c1-26(2)37-25-63-43(53-37)36-21-41(35-14-15-40(61-4)27(3)42(35)52-36)62-33-20-38-39(56)23-46(45(58)54-64(59,60)34-12-13-34)22-30(46)11-9-7-5-6-8-10-29(44(57)55(38)24-33)16-28-17-31(47(49,50)51)19-32(48)18-28/h9,11,14-15,17-19,21,25-26,29-30,33-34,38H,5-8,10,12-13,16,20,22-24H2,1-4H3,(H,54,58)/b11-9-/t29-,30+,33-,38+,46-/m1/s1. The smallest absolute Gasteiger partial charge is 0.416 e. The Morgan fingerprint density at radius 2 is 1.83 bits per heavy atom. The lowest BCUT2D eigenvalue weighted by molar-refractivity contribution is -0.142. The number of hydrogen-bond donors (Lipinski definition) is 1. The van der Waals surface area contributed by atoms with Gasteiger partial charge in [-0.2, -0.15) is 13.2 Å². The number of sulfonamides is 1. The zero-order valence-electron chi connectivity index (χ0n) is 36.2. The van der Waals surface area contributed by atoms with E-state index in [-0.39, 0.29) is 50.1 Å². The van der Waals surface area contributed by atoms with Gasteiger partial charge >= 0.3 is 6.18 Å². The van der Waals surface area contributed by atoms with Crippen LogP contribution < -0.4 is 14.2 Å². The molecule has 1 N–H and O–H groups in total. The second kappa shape index (κ2) is 17.8. The number of alkyl halides is 3. The summed E-state index contributed by atoms with van der Waals surface area (Å²) in [5.74, 6) is -2.90. The fourth-order valence-corrected chi connectivity index (χ4v) is 11.5. The van der Waals surface area contributed by atoms with Gasteiger partial charge in [-0.3, -0.25) is 19.1 Å². The molecular weight excluding hydrogens is 873 g/mol. The maximum Gasteiger partial charge on any atom is 0.416 e. The Morgan fingerprint density at radius 3 is 2.53 bits per heavy atom. The van der Waals surface area contributed by atoms with Gasteiger partial charge in [0.25, 0.3) is 0 Å². The Labute approximate surface area is 374 Å². The van der Waals surface area contributed by atoms with Crippen molar-refractivity contribution in [2.24, 2.45) is 17.3 Å². The molecule has 0 bridgehead atoms. The van der Waals surface area contributed by atoms with Crippen LogP contribution in [0.15, 0.2) is 53.9 Å². The van der Waals surface area contributed by atoms with Crippen LogP contribution in [0.1, 0.15) is 106 Å². The quantitative estimate of drug-likeness (QED) is 0.122. The van der Waals surface area contributed by atoms with Crippen LogP contribution in [0, 0.1) is 30.0 Å². The molecular formula is C47H52F4N4O7S2. The minimum Gasteiger partial charge on any atom is -0.496 e. The van der Waals surface area contributed by atoms with E-state index in [4.69, 9.17) is 19.4 Å². The van der Waals surface area contributed by atoms with Gasteiger partial charge in [0.05, 0.1) is 47.1 Å². The molecule has 4 aliphatic rings. The Hall–Kier alpha value is -4.90. The van der Waals surface area contributed by atoms with Crippen molar-refractivity contribution in [3.8, 4) is 22.2 Å². The van der Waals surface area contributed by atoms with E-state index in [1.807, 2.05) is 44.4 Å². The molecule has 2 aromatic heterocycles. The van der Waals surface area contributed by atoms with E-state index in [1.54, 1.807) is 19.2 Å². The van der Waals surface area contributed by atoms with Crippen LogP contribution in [0.5, 0.6) is 11.5 Å². The van der Waals surface area contributed by atoms with E-state index in [2.05, 4.69) is 4.72 Å². The van der Waals surface area contributed by atoms with Crippen molar-refractivity contribution < 1.29 is 49.8 Å². The summed E-state index contributed by atoms with van der Waals surface area (Å²) in [6.07, 6.45) is 1.63. The first-order valence-electron chi connectivity index (χ1n) is 21.9. The summed E-state index contributed by atoms with van der Waals surface area (Å²) < 4.78 is 97.0. The number of hydrogen-bond acceptors (Lipinski definition) is 10. The Kier molecular flexibility index (Phi) is 12.7. The van der Waals surface area contributed by atoms with Crippen molar-refractivity contribution in [1.82, 2.24) is 19.6 Å². The maximum absolute atomic E-state index is 15.0. The van der Waals surface area contributed by atoms with Crippen LogP contribution in [0.25, 0.3) is 21.6 Å². The van der Waals surface area contributed by atoms with Gasteiger partial charge in [-0.25, -0.2) is 22.8 Å².